The molecule has 0 aliphatic carbocycles. The quantitative estimate of drug-likeness (QED) is 0.611. The first-order valence-electron chi connectivity index (χ1n) is 7.65. The van der Waals surface area contributed by atoms with Gasteiger partial charge in [0.2, 0.25) is 0 Å². The topological polar surface area (TPSA) is 78.1 Å². The van der Waals surface area contributed by atoms with Crippen LogP contribution in [0.1, 0.15) is 79.1 Å². The summed E-state index contributed by atoms with van der Waals surface area (Å²) >= 11 is 0. The molecule has 0 unspecified atom stereocenters. The summed E-state index contributed by atoms with van der Waals surface area (Å²) in [5, 5.41) is 0. The van der Waals surface area contributed by atoms with E-state index in [4.69, 9.17) is 0 Å². The van der Waals surface area contributed by atoms with Gasteiger partial charge in [-0.3, -0.25) is 0 Å². The Balaban J connectivity index is -0.0000000596. The molecule has 0 amide bonds. The molecule has 0 bridgehead atoms. The fourth-order valence-corrected chi connectivity index (χ4v) is 1.21. The highest BCUT2D eigenvalue weighted by Gasteiger charge is 1.87. The molecule has 0 aromatic carbocycles. The van der Waals surface area contributed by atoms with Crippen molar-refractivity contribution < 1.29 is 0 Å². The molecule has 0 saturated carbocycles. The largest absolute Gasteiger partial charge is 0.333 e. The zero-order chi connectivity index (χ0) is 15.7. The molecule has 0 aliphatic heterocycles. The highest BCUT2D eigenvalue weighted by Crippen LogP contribution is 2.07. The maximum atomic E-state index is 4.50. The minimum Gasteiger partial charge on any atom is -0.333 e. The first kappa shape index (κ1) is 30.7. The fourth-order valence-electron chi connectivity index (χ4n) is 1.21. The number of hydrogen-bond donors (Lipinski definition) is 3. The van der Waals surface area contributed by atoms with Crippen molar-refractivity contribution >= 4 is 0 Å². The normalized spacial score (nSPS) is 7.00. The number of unbranched alkanes of at least 4 members (excludes halogenated alkanes) is 7. The van der Waals surface area contributed by atoms with Gasteiger partial charge in [0.25, 0.3) is 0 Å². The number of rotatable bonds is 7. The predicted molar refractivity (Wildman–Crippen MR) is 90.0 cm³/mol. The molecule has 3 nitrogen and oxygen atoms in total. The molecule has 3 heteroatoms. The first-order chi connectivity index (χ1) is 8.91. The van der Waals surface area contributed by atoms with Gasteiger partial charge in [0, 0.05) is 0 Å². The minimum absolute atomic E-state index is 1.37. The Hall–Kier alpha value is -0.120. The summed E-state index contributed by atoms with van der Waals surface area (Å²) in [7, 11) is 4.50. The molecular formula is C15H43N3. The Morgan fingerprint density at radius 1 is 0.444 bits per heavy atom. The highest BCUT2D eigenvalue weighted by atomic mass is 14.4. The van der Waals surface area contributed by atoms with Gasteiger partial charge >= 0.3 is 0 Å². The second-order valence-corrected chi connectivity index (χ2v) is 3.12. The van der Waals surface area contributed by atoms with E-state index < -0.39 is 0 Å². The van der Waals surface area contributed by atoms with Crippen molar-refractivity contribution in [2.45, 2.75) is 79.1 Å². The van der Waals surface area contributed by atoms with Gasteiger partial charge < -0.3 is 17.2 Å². The number of hydrogen-bond acceptors (Lipinski definition) is 3. The SMILES string of the molecule is CC.CCCCCCCCCC.CN.CN.CN. The van der Waals surface area contributed by atoms with Gasteiger partial charge in [0.15, 0.2) is 0 Å². The van der Waals surface area contributed by atoms with Crippen LogP contribution >= 0.6 is 0 Å². The van der Waals surface area contributed by atoms with Crippen LogP contribution in [0, 0.1) is 0 Å². The van der Waals surface area contributed by atoms with Crippen molar-refractivity contribution in [1.82, 2.24) is 0 Å². The van der Waals surface area contributed by atoms with E-state index in [1.165, 1.54) is 72.5 Å². The molecule has 6 N–H and O–H groups in total. The fraction of sp³-hybridized carbons (Fsp3) is 1.00. The van der Waals surface area contributed by atoms with Crippen LogP contribution in [-0.4, -0.2) is 21.1 Å². The maximum absolute atomic E-state index is 4.50. The summed E-state index contributed by atoms with van der Waals surface area (Å²) in [6.45, 7) is 8.54. The third-order valence-corrected chi connectivity index (χ3v) is 1.96. The van der Waals surface area contributed by atoms with Crippen LogP contribution in [-0.2, 0) is 0 Å². The summed E-state index contributed by atoms with van der Waals surface area (Å²) in [5.41, 5.74) is 13.5. The summed E-state index contributed by atoms with van der Waals surface area (Å²) in [4.78, 5) is 0. The van der Waals surface area contributed by atoms with E-state index in [-0.39, 0.29) is 0 Å². The van der Waals surface area contributed by atoms with Crippen LogP contribution in [0.5, 0.6) is 0 Å². The molecule has 18 heavy (non-hydrogen) atoms. The Morgan fingerprint density at radius 2 is 0.611 bits per heavy atom. The van der Waals surface area contributed by atoms with Crippen LogP contribution in [0.25, 0.3) is 0 Å². The zero-order valence-corrected chi connectivity index (χ0v) is 14.4. The molecule has 0 aromatic rings. The van der Waals surface area contributed by atoms with E-state index >= 15 is 0 Å². The Labute approximate surface area is 118 Å². The summed E-state index contributed by atoms with van der Waals surface area (Å²) < 4.78 is 0. The van der Waals surface area contributed by atoms with Crippen molar-refractivity contribution in [1.29, 1.82) is 0 Å². The predicted octanol–water partition coefficient (Wildman–Crippen LogP) is 3.90. The van der Waals surface area contributed by atoms with Crippen LogP contribution in [0.3, 0.4) is 0 Å². The summed E-state index contributed by atoms with van der Waals surface area (Å²) in [6.07, 6.45) is 11.5. The summed E-state index contributed by atoms with van der Waals surface area (Å²) in [6, 6.07) is 0. The van der Waals surface area contributed by atoms with Crippen molar-refractivity contribution in [3.8, 4) is 0 Å². The molecule has 118 valence electrons. The van der Waals surface area contributed by atoms with Crippen molar-refractivity contribution in [3.63, 3.8) is 0 Å². The third kappa shape index (κ3) is 74.3. The molecule has 0 aromatic heterocycles. The van der Waals surface area contributed by atoms with Gasteiger partial charge in [-0.15, -0.1) is 0 Å². The third-order valence-electron chi connectivity index (χ3n) is 1.96. The van der Waals surface area contributed by atoms with E-state index in [9.17, 15) is 0 Å². The van der Waals surface area contributed by atoms with E-state index in [1.807, 2.05) is 13.8 Å². The van der Waals surface area contributed by atoms with Gasteiger partial charge in [0.05, 0.1) is 0 Å². The lowest BCUT2D eigenvalue weighted by Gasteiger charge is -1.97. The maximum Gasteiger partial charge on any atom is -0.0195 e. The smallest absolute Gasteiger partial charge is 0.0195 e. The monoisotopic (exact) mass is 265 g/mol. The van der Waals surface area contributed by atoms with Crippen molar-refractivity contribution in [2.75, 3.05) is 21.1 Å². The second kappa shape index (κ2) is 68.6. The van der Waals surface area contributed by atoms with Crippen LogP contribution in [0.2, 0.25) is 0 Å². The molecule has 0 radical (unpaired) electrons. The number of nitrogens with two attached hydrogens (primary N) is 3. The molecule has 0 aliphatic rings. The van der Waals surface area contributed by atoms with Gasteiger partial charge in [-0.1, -0.05) is 79.1 Å². The van der Waals surface area contributed by atoms with Gasteiger partial charge in [-0.25, -0.2) is 0 Å². The zero-order valence-electron chi connectivity index (χ0n) is 14.4. The average Bonchev–Trinajstić information content (AvgIpc) is 2.51. The molecule has 0 atom stereocenters. The lowest BCUT2D eigenvalue weighted by Crippen LogP contribution is -1.77. The van der Waals surface area contributed by atoms with Crippen LogP contribution in [0.15, 0.2) is 0 Å². The molecule has 0 fully saturated rings. The van der Waals surface area contributed by atoms with E-state index in [1.54, 1.807) is 0 Å². The second-order valence-electron chi connectivity index (χ2n) is 3.12. The van der Waals surface area contributed by atoms with Crippen molar-refractivity contribution in [3.05, 3.63) is 0 Å². The van der Waals surface area contributed by atoms with Gasteiger partial charge in [-0.05, 0) is 21.1 Å². The molecular weight excluding hydrogens is 222 g/mol. The summed E-state index contributed by atoms with van der Waals surface area (Å²) in [5.74, 6) is 0. The minimum atomic E-state index is 1.37. The molecule has 0 heterocycles. The van der Waals surface area contributed by atoms with Crippen LogP contribution < -0.4 is 17.2 Å². The first-order valence-corrected chi connectivity index (χ1v) is 7.65. The van der Waals surface area contributed by atoms with E-state index in [0.29, 0.717) is 0 Å². The van der Waals surface area contributed by atoms with Gasteiger partial charge in [-0.2, -0.15) is 0 Å². The van der Waals surface area contributed by atoms with E-state index in [2.05, 4.69) is 31.0 Å². The van der Waals surface area contributed by atoms with E-state index in [0.717, 1.165) is 0 Å². The molecule has 0 spiro atoms. The van der Waals surface area contributed by atoms with Crippen molar-refractivity contribution in [2.24, 2.45) is 17.2 Å². The lowest BCUT2D eigenvalue weighted by molar-refractivity contribution is 0.585. The van der Waals surface area contributed by atoms with Crippen LogP contribution in [0.4, 0.5) is 0 Å². The molecule has 0 rings (SSSR count). The van der Waals surface area contributed by atoms with Gasteiger partial charge in [0.1, 0.15) is 0 Å². The average molecular weight is 266 g/mol. The Morgan fingerprint density at radius 3 is 0.778 bits per heavy atom. The lowest BCUT2D eigenvalue weighted by atomic mass is 10.1. The standard InChI is InChI=1S/C10H22.C2H6.3CH5N/c1-3-5-7-9-10-8-6-4-2;4*1-2/h3-10H2,1-2H3;1-2H3;3*2H2,1H3. The highest BCUT2D eigenvalue weighted by molar-refractivity contribution is 4.43. The Kier molecular flexibility index (Phi) is 117. The Bertz CT molecular complexity index is 51.7. The molecule has 0 saturated heterocycles.